The lowest BCUT2D eigenvalue weighted by Crippen LogP contribution is -2.14. The Hall–Kier alpha value is -1.19. The van der Waals surface area contributed by atoms with Crippen molar-refractivity contribution in [3.63, 3.8) is 0 Å². The first-order valence-electron chi connectivity index (χ1n) is 4.89. The van der Waals surface area contributed by atoms with E-state index in [1.165, 1.54) is 0 Å². The fourth-order valence-electron chi connectivity index (χ4n) is 1.25. The molecule has 0 spiro atoms. The Morgan fingerprint density at radius 1 is 1.07 bits per heavy atom. The molecule has 0 amide bonds. The first-order valence-corrected chi connectivity index (χ1v) is 4.89. The molecule has 0 aromatic heterocycles. The van der Waals surface area contributed by atoms with Crippen molar-refractivity contribution in [3.05, 3.63) is 29.6 Å². The number of hydrogen-bond acceptors (Lipinski definition) is 1. The minimum atomic E-state index is -1.47. The van der Waals surface area contributed by atoms with Gasteiger partial charge in [-0.15, -0.1) is 0 Å². The van der Waals surface area contributed by atoms with Gasteiger partial charge in [0.1, 0.15) is 5.75 Å². The maximum Gasteiger partial charge on any atom is 0.194 e. The minimum Gasteiger partial charge on any atom is -0.490 e. The molecule has 0 fully saturated rings. The first-order chi connectivity index (χ1) is 7.08. The van der Waals surface area contributed by atoms with Crippen LogP contribution in [0.15, 0.2) is 12.1 Å². The van der Waals surface area contributed by atoms with Gasteiger partial charge in [-0.1, -0.05) is 13.8 Å². The Morgan fingerprint density at radius 2 is 1.53 bits per heavy atom. The monoisotopic (exact) mass is 218 g/mol. The summed E-state index contributed by atoms with van der Waals surface area (Å²) in [7, 11) is 0. The summed E-state index contributed by atoms with van der Waals surface area (Å²) in [6.45, 7) is 3.81. The second kappa shape index (κ2) is 5.05. The lowest BCUT2D eigenvalue weighted by atomic mass is 10.2. The summed E-state index contributed by atoms with van der Waals surface area (Å²) in [6, 6.07) is 1.72. The van der Waals surface area contributed by atoms with Crippen LogP contribution in [0.5, 0.6) is 5.75 Å². The molecular formula is C11H13F3O. The second-order valence-corrected chi connectivity index (χ2v) is 3.26. The van der Waals surface area contributed by atoms with Crippen LogP contribution in [0.25, 0.3) is 0 Å². The van der Waals surface area contributed by atoms with Crippen molar-refractivity contribution < 1.29 is 17.9 Å². The molecule has 0 radical (unpaired) electrons. The SMILES string of the molecule is CCC(CC)Oc1cc(F)c(F)c(F)c1. The van der Waals surface area contributed by atoms with Gasteiger partial charge >= 0.3 is 0 Å². The molecule has 1 rings (SSSR count). The van der Waals surface area contributed by atoms with Gasteiger partial charge in [-0.05, 0) is 12.8 Å². The van der Waals surface area contributed by atoms with E-state index in [9.17, 15) is 13.2 Å². The predicted molar refractivity (Wildman–Crippen MR) is 51.3 cm³/mol. The van der Waals surface area contributed by atoms with Crippen LogP contribution >= 0.6 is 0 Å². The van der Waals surface area contributed by atoms with E-state index in [4.69, 9.17) is 4.74 Å². The molecule has 4 heteroatoms. The molecule has 0 N–H and O–H groups in total. The van der Waals surface area contributed by atoms with Crippen molar-refractivity contribution in [2.75, 3.05) is 0 Å². The quantitative estimate of drug-likeness (QED) is 0.700. The van der Waals surface area contributed by atoms with Crippen LogP contribution in [0.1, 0.15) is 26.7 Å². The van der Waals surface area contributed by atoms with Gasteiger partial charge < -0.3 is 4.74 Å². The Morgan fingerprint density at radius 3 is 1.93 bits per heavy atom. The Balaban J connectivity index is 2.87. The van der Waals surface area contributed by atoms with Crippen molar-refractivity contribution in [1.29, 1.82) is 0 Å². The van der Waals surface area contributed by atoms with Gasteiger partial charge in [-0.2, -0.15) is 0 Å². The molecule has 0 aliphatic rings. The third kappa shape index (κ3) is 2.88. The highest BCUT2D eigenvalue weighted by Gasteiger charge is 2.13. The van der Waals surface area contributed by atoms with Gasteiger partial charge in [0.15, 0.2) is 17.5 Å². The molecule has 0 saturated carbocycles. The molecule has 0 heterocycles. The van der Waals surface area contributed by atoms with Gasteiger partial charge in [0.25, 0.3) is 0 Å². The lowest BCUT2D eigenvalue weighted by Gasteiger charge is -2.15. The molecule has 1 aromatic carbocycles. The van der Waals surface area contributed by atoms with Crippen molar-refractivity contribution in [2.45, 2.75) is 32.8 Å². The fourth-order valence-corrected chi connectivity index (χ4v) is 1.25. The minimum absolute atomic E-state index is 0.0279. The van der Waals surface area contributed by atoms with Crippen LogP contribution in [-0.4, -0.2) is 6.10 Å². The highest BCUT2D eigenvalue weighted by atomic mass is 19.2. The maximum absolute atomic E-state index is 12.8. The third-order valence-corrected chi connectivity index (χ3v) is 2.17. The van der Waals surface area contributed by atoms with Gasteiger partial charge in [0.2, 0.25) is 0 Å². The van der Waals surface area contributed by atoms with Crippen LogP contribution in [0.2, 0.25) is 0 Å². The van der Waals surface area contributed by atoms with Crippen LogP contribution in [0.4, 0.5) is 13.2 Å². The molecule has 1 nitrogen and oxygen atoms in total. The second-order valence-electron chi connectivity index (χ2n) is 3.26. The predicted octanol–water partition coefficient (Wildman–Crippen LogP) is 3.67. The number of hydrogen-bond donors (Lipinski definition) is 0. The van der Waals surface area contributed by atoms with Crippen LogP contribution in [0.3, 0.4) is 0 Å². The highest BCUT2D eigenvalue weighted by Crippen LogP contribution is 2.21. The van der Waals surface area contributed by atoms with E-state index in [1.54, 1.807) is 0 Å². The van der Waals surface area contributed by atoms with Crippen LogP contribution in [0, 0.1) is 17.5 Å². The average molecular weight is 218 g/mol. The third-order valence-electron chi connectivity index (χ3n) is 2.17. The maximum atomic E-state index is 12.8. The van der Waals surface area contributed by atoms with E-state index in [2.05, 4.69) is 0 Å². The summed E-state index contributed by atoms with van der Waals surface area (Å²) < 4.78 is 43.5. The molecule has 0 aliphatic carbocycles. The first kappa shape index (κ1) is 11.9. The zero-order valence-corrected chi connectivity index (χ0v) is 8.69. The smallest absolute Gasteiger partial charge is 0.194 e. The van der Waals surface area contributed by atoms with Gasteiger partial charge in [-0.25, -0.2) is 13.2 Å². The van der Waals surface area contributed by atoms with Crippen molar-refractivity contribution in [3.8, 4) is 5.75 Å². The number of ether oxygens (including phenoxy) is 1. The number of rotatable bonds is 4. The van der Waals surface area contributed by atoms with E-state index in [0.29, 0.717) is 0 Å². The number of halogens is 3. The average Bonchev–Trinajstić information content (AvgIpc) is 2.22. The van der Waals surface area contributed by atoms with E-state index < -0.39 is 17.5 Å². The summed E-state index contributed by atoms with van der Waals surface area (Å²) in [5.74, 6) is -3.89. The summed E-state index contributed by atoms with van der Waals surface area (Å²) in [5, 5.41) is 0. The zero-order chi connectivity index (χ0) is 11.4. The summed E-state index contributed by atoms with van der Waals surface area (Å²) in [4.78, 5) is 0. The molecule has 0 saturated heterocycles. The van der Waals surface area contributed by atoms with Crippen LogP contribution < -0.4 is 4.74 Å². The molecule has 0 atom stereocenters. The molecule has 0 bridgehead atoms. The van der Waals surface area contributed by atoms with Crippen molar-refractivity contribution in [2.24, 2.45) is 0 Å². The fraction of sp³-hybridized carbons (Fsp3) is 0.455. The molecule has 0 aliphatic heterocycles. The standard InChI is InChI=1S/C11H13F3O/c1-3-7(4-2)15-8-5-9(12)11(14)10(13)6-8/h5-7H,3-4H2,1-2H3. The molecule has 1 aromatic rings. The van der Waals surface area contributed by atoms with Crippen molar-refractivity contribution >= 4 is 0 Å². The van der Waals surface area contributed by atoms with E-state index in [1.807, 2.05) is 13.8 Å². The molecule has 0 unspecified atom stereocenters. The van der Waals surface area contributed by atoms with Gasteiger partial charge in [0.05, 0.1) is 6.10 Å². The number of benzene rings is 1. The summed E-state index contributed by atoms with van der Waals surface area (Å²) in [5.41, 5.74) is 0. The van der Waals surface area contributed by atoms with E-state index in [-0.39, 0.29) is 11.9 Å². The largest absolute Gasteiger partial charge is 0.490 e. The van der Waals surface area contributed by atoms with Crippen LogP contribution in [-0.2, 0) is 0 Å². The van der Waals surface area contributed by atoms with E-state index in [0.717, 1.165) is 25.0 Å². The Labute approximate surface area is 86.9 Å². The molecular weight excluding hydrogens is 205 g/mol. The highest BCUT2D eigenvalue weighted by molar-refractivity contribution is 5.25. The van der Waals surface area contributed by atoms with E-state index >= 15 is 0 Å². The van der Waals surface area contributed by atoms with Crippen molar-refractivity contribution in [1.82, 2.24) is 0 Å². The Bertz CT molecular complexity index is 312. The van der Waals surface area contributed by atoms with Gasteiger partial charge in [0, 0.05) is 12.1 Å². The molecule has 15 heavy (non-hydrogen) atoms. The zero-order valence-electron chi connectivity index (χ0n) is 8.69. The lowest BCUT2D eigenvalue weighted by molar-refractivity contribution is 0.190. The summed E-state index contributed by atoms with van der Waals surface area (Å²) in [6.07, 6.45) is 1.36. The van der Waals surface area contributed by atoms with Gasteiger partial charge in [-0.3, -0.25) is 0 Å². The summed E-state index contributed by atoms with van der Waals surface area (Å²) >= 11 is 0. The topological polar surface area (TPSA) is 9.23 Å². The molecule has 84 valence electrons. The normalized spacial score (nSPS) is 10.8. The Kier molecular flexibility index (Phi) is 4.00.